The van der Waals surface area contributed by atoms with Crippen LogP contribution >= 0.6 is 0 Å². The molecule has 1 aromatic carbocycles. The first-order chi connectivity index (χ1) is 17.0. The maximum atomic E-state index is 14.3. The van der Waals surface area contributed by atoms with Crippen molar-refractivity contribution in [3.05, 3.63) is 41.5 Å². The number of aliphatic carboxylic acids is 1. The third-order valence-electron chi connectivity index (χ3n) is 11.4. The SMILES string of the molecule is Cc1cccc(N2C(=O)[C@@H]3[C@@H]4C[C@@H]5[C@]6(C)CCC[C@@](C)(C(=O)O)[C@@H]6CC[C@]5(C=C4C(C)C)[C@@H]3C2=O)c1. The first-order valence-electron chi connectivity index (χ1n) is 13.9. The molecule has 5 nitrogen and oxygen atoms in total. The van der Waals surface area contributed by atoms with Crippen molar-refractivity contribution in [1.82, 2.24) is 0 Å². The van der Waals surface area contributed by atoms with Crippen LogP contribution in [-0.2, 0) is 14.4 Å². The van der Waals surface area contributed by atoms with Gasteiger partial charge in [0, 0.05) is 5.41 Å². The molecular formula is C31H39NO4. The molecular weight excluding hydrogens is 450 g/mol. The molecule has 8 atom stereocenters. The fraction of sp³-hybridized carbons (Fsp3) is 0.645. The van der Waals surface area contributed by atoms with E-state index in [4.69, 9.17) is 0 Å². The molecule has 0 radical (unpaired) electrons. The Labute approximate surface area is 214 Å². The second-order valence-electron chi connectivity index (χ2n) is 13.3. The minimum absolute atomic E-state index is 0.0315. The van der Waals surface area contributed by atoms with Gasteiger partial charge in [-0.1, -0.05) is 51.0 Å². The van der Waals surface area contributed by atoms with Crippen LogP contribution in [0, 0.1) is 58.7 Å². The van der Waals surface area contributed by atoms with Crippen molar-refractivity contribution in [2.24, 2.45) is 51.8 Å². The summed E-state index contributed by atoms with van der Waals surface area (Å²) in [7, 11) is 0. The number of amides is 2. The first kappa shape index (κ1) is 23.9. The maximum Gasteiger partial charge on any atom is 0.309 e. The Balaban J connectivity index is 1.50. The number of fused-ring (bicyclic) bond motifs is 1. The van der Waals surface area contributed by atoms with E-state index >= 15 is 0 Å². The Hall–Kier alpha value is -2.43. The normalized spacial score (nSPS) is 43.2. The lowest BCUT2D eigenvalue weighted by Gasteiger charge is -2.68. The number of carbonyl (C=O) groups is 3. The number of carboxylic acid groups (broad SMARTS) is 1. The van der Waals surface area contributed by atoms with Gasteiger partial charge in [-0.25, -0.2) is 4.90 Å². The van der Waals surface area contributed by atoms with Crippen LogP contribution in [0.3, 0.4) is 0 Å². The average Bonchev–Trinajstić information content (AvgIpc) is 3.10. The summed E-state index contributed by atoms with van der Waals surface area (Å²) in [5.74, 6) is -0.679. The molecule has 0 unspecified atom stereocenters. The van der Waals surface area contributed by atoms with E-state index in [1.54, 1.807) is 0 Å². The summed E-state index contributed by atoms with van der Waals surface area (Å²) in [6.07, 6.45) is 7.58. The number of hydrogen-bond donors (Lipinski definition) is 1. The fourth-order valence-corrected chi connectivity index (χ4v) is 9.98. The quantitative estimate of drug-likeness (QED) is 0.417. The van der Waals surface area contributed by atoms with Gasteiger partial charge in [0.15, 0.2) is 0 Å². The number of carboxylic acids is 1. The molecule has 0 aromatic heterocycles. The summed E-state index contributed by atoms with van der Waals surface area (Å²) in [6.45, 7) is 10.7. The predicted molar refractivity (Wildman–Crippen MR) is 138 cm³/mol. The lowest BCUT2D eigenvalue weighted by atomic mass is 9.34. The van der Waals surface area contributed by atoms with Crippen LogP contribution in [0.2, 0.25) is 0 Å². The average molecular weight is 490 g/mol. The molecule has 2 amide bonds. The highest BCUT2D eigenvalue weighted by atomic mass is 16.4. The van der Waals surface area contributed by atoms with Gasteiger partial charge in [-0.05, 0) is 92.7 Å². The molecule has 1 aliphatic heterocycles. The third-order valence-corrected chi connectivity index (χ3v) is 11.4. The van der Waals surface area contributed by atoms with Crippen molar-refractivity contribution < 1.29 is 19.5 Å². The number of imide groups is 1. The number of benzene rings is 1. The molecule has 1 aromatic rings. The standard InChI is InChI=1S/C31H39NO4/c1-17(2)21-16-31-13-10-22-29(4,11-7-12-30(22,5)28(35)36)23(31)15-20(21)24-25(31)27(34)32(26(24)33)19-9-6-8-18(3)14-19/h6,8-9,14,16-17,20,22-25H,7,10-13,15H2,1-5H3,(H,35,36)/t20-,22-,23-,24-,25+,29-,30-,31-/m1/s1. The molecule has 7 rings (SSSR count). The van der Waals surface area contributed by atoms with Crippen LogP contribution in [-0.4, -0.2) is 22.9 Å². The monoisotopic (exact) mass is 489 g/mol. The minimum Gasteiger partial charge on any atom is -0.481 e. The molecule has 1 N–H and O–H groups in total. The van der Waals surface area contributed by atoms with Gasteiger partial charge in [-0.2, -0.15) is 0 Å². The molecule has 192 valence electrons. The predicted octanol–water partition coefficient (Wildman–Crippen LogP) is 6.01. The summed E-state index contributed by atoms with van der Waals surface area (Å²) < 4.78 is 0. The lowest BCUT2D eigenvalue weighted by molar-refractivity contribution is -0.194. The molecule has 1 spiro atoms. The number of rotatable bonds is 3. The van der Waals surface area contributed by atoms with Crippen molar-refractivity contribution in [1.29, 1.82) is 0 Å². The molecule has 4 fully saturated rings. The largest absolute Gasteiger partial charge is 0.481 e. The summed E-state index contributed by atoms with van der Waals surface area (Å²) in [6, 6.07) is 7.73. The number of carbonyl (C=O) groups excluding carboxylic acids is 2. The summed E-state index contributed by atoms with van der Waals surface area (Å²) >= 11 is 0. The minimum atomic E-state index is -0.724. The van der Waals surface area contributed by atoms with Crippen LogP contribution in [0.5, 0.6) is 0 Å². The zero-order valence-electron chi connectivity index (χ0n) is 22.2. The first-order valence-corrected chi connectivity index (χ1v) is 13.9. The second kappa shape index (κ2) is 7.55. The molecule has 5 aliphatic carbocycles. The highest BCUT2D eigenvalue weighted by molar-refractivity contribution is 6.23. The smallest absolute Gasteiger partial charge is 0.309 e. The summed E-state index contributed by atoms with van der Waals surface area (Å²) in [5.41, 5.74) is 1.83. The van der Waals surface area contributed by atoms with Gasteiger partial charge in [-0.15, -0.1) is 0 Å². The van der Waals surface area contributed by atoms with Gasteiger partial charge in [-0.3, -0.25) is 14.4 Å². The van der Waals surface area contributed by atoms with Crippen molar-refractivity contribution in [3.8, 4) is 0 Å². The van der Waals surface area contributed by atoms with E-state index in [-0.39, 0.29) is 52.2 Å². The van der Waals surface area contributed by atoms with E-state index in [2.05, 4.69) is 26.8 Å². The molecule has 5 heteroatoms. The zero-order chi connectivity index (χ0) is 25.8. The second-order valence-corrected chi connectivity index (χ2v) is 13.3. The maximum absolute atomic E-state index is 14.3. The highest BCUT2D eigenvalue weighted by Crippen LogP contribution is 2.74. The Morgan fingerprint density at radius 2 is 1.83 bits per heavy atom. The number of aryl methyl sites for hydroxylation is 1. The van der Waals surface area contributed by atoms with E-state index in [1.807, 2.05) is 38.1 Å². The number of nitrogens with zero attached hydrogens (tertiary/aromatic N) is 1. The summed E-state index contributed by atoms with van der Waals surface area (Å²) in [4.78, 5) is 42.3. The van der Waals surface area contributed by atoms with E-state index in [0.717, 1.165) is 44.1 Å². The van der Waals surface area contributed by atoms with E-state index < -0.39 is 11.4 Å². The molecule has 1 heterocycles. The van der Waals surface area contributed by atoms with Crippen molar-refractivity contribution >= 4 is 23.5 Å². The van der Waals surface area contributed by atoms with Gasteiger partial charge in [0.1, 0.15) is 0 Å². The van der Waals surface area contributed by atoms with Crippen molar-refractivity contribution in [3.63, 3.8) is 0 Å². The molecule has 36 heavy (non-hydrogen) atoms. The topological polar surface area (TPSA) is 74.7 Å². The van der Waals surface area contributed by atoms with E-state index in [0.29, 0.717) is 11.6 Å². The van der Waals surface area contributed by atoms with Crippen molar-refractivity contribution in [2.45, 2.75) is 73.1 Å². The van der Waals surface area contributed by atoms with Gasteiger partial charge in [0.2, 0.25) is 11.8 Å². The summed E-state index contributed by atoms with van der Waals surface area (Å²) in [5, 5.41) is 10.3. The van der Waals surface area contributed by atoms with Crippen LogP contribution < -0.4 is 4.90 Å². The fourth-order valence-electron chi connectivity index (χ4n) is 9.98. The Kier molecular flexibility index (Phi) is 5.02. The third kappa shape index (κ3) is 2.80. The molecule has 3 saturated carbocycles. The van der Waals surface area contributed by atoms with Gasteiger partial charge in [0.25, 0.3) is 0 Å². The number of anilines is 1. The Bertz CT molecular complexity index is 1200. The van der Waals surface area contributed by atoms with Crippen LogP contribution in [0.25, 0.3) is 0 Å². The van der Waals surface area contributed by atoms with Gasteiger partial charge >= 0.3 is 5.97 Å². The lowest BCUT2D eigenvalue weighted by Crippen LogP contribution is -2.65. The van der Waals surface area contributed by atoms with E-state index in [9.17, 15) is 19.5 Å². The Morgan fingerprint density at radius 3 is 2.50 bits per heavy atom. The Morgan fingerprint density at radius 1 is 1.08 bits per heavy atom. The zero-order valence-corrected chi connectivity index (χ0v) is 22.2. The van der Waals surface area contributed by atoms with Crippen LogP contribution in [0.15, 0.2) is 35.9 Å². The van der Waals surface area contributed by atoms with E-state index in [1.165, 1.54) is 10.5 Å². The van der Waals surface area contributed by atoms with Gasteiger partial charge in [0.05, 0.1) is 22.9 Å². The van der Waals surface area contributed by atoms with Crippen LogP contribution in [0.1, 0.15) is 71.8 Å². The highest BCUT2D eigenvalue weighted by Gasteiger charge is 2.73. The van der Waals surface area contributed by atoms with Crippen molar-refractivity contribution in [2.75, 3.05) is 4.90 Å². The molecule has 2 bridgehead atoms. The molecule has 1 saturated heterocycles. The van der Waals surface area contributed by atoms with Crippen LogP contribution in [0.4, 0.5) is 5.69 Å². The number of allylic oxidation sites excluding steroid dienone is 2. The number of hydrogen-bond acceptors (Lipinski definition) is 3. The molecule has 6 aliphatic rings. The van der Waals surface area contributed by atoms with Gasteiger partial charge < -0.3 is 5.11 Å².